The van der Waals surface area contributed by atoms with Crippen LogP contribution in [0.25, 0.3) is 5.69 Å². The van der Waals surface area contributed by atoms with Crippen molar-refractivity contribution in [3.05, 3.63) is 42.1 Å². The number of benzene rings is 1. The molecular weight excluding hydrogens is 268 g/mol. The average Bonchev–Trinajstić information content (AvgIpc) is 3.17. The van der Waals surface area contributed by atoms with Gasteiger partial charge in [-0.1, -0.05) is 18.2 Å². The smallest absolute Gasteiger partial charge is 0.272 e. The molecule has 0 spiro atoms. The lowest BCUT2D eigenvalue weighted by Crippen LogP contribution is -2.25. The molecule has 1 aromatic carbocycles. The fourth-order valence-electron chi connectivity index (χ4n) is 2.01. The third-order valence-electron chi connectivity index (χ3n) is 3.16. The van der Waals surface area contributed by atoms with Gasteiger partial charge in [-0.05, 0) is 25.0 Å². The molecule has 2 N–H and O–H groups in total. The van der Waals surface area contributed by atoms with Gasteiger partial charge in [-0.3, -0.25) is 9.59 Å². The molecule has 0 atom stereocenters. The first kappa shape index (κ1) is 13.4. The number of hydrogen-bond donors (Lipinski definition) is 2. The molecule has 0 radical (unpaired) electrons. The summed E-state index contributed by atoms with van der Waals surface area (Å²) < 4.78 is 1.56. The van der Waals surface area contributed by atoms with Crippen molar-refractivity contribution in [2.75, 3.05) is 5.32 Å². The van der Waals surface area contributed by atoms with Crippen LogP contribution >= 0.6 is 0 Å². The maximum atomic E-state index is 12.1. The van der Waals surface area contributed by atoms with Crippen LogP contribution in [0.15, 0.2) is 36.4 Å². The van der Waals surface area contributed by atoms with Crippen LogP contribution in [0.2, 0.25) is 0 Å². The summed E-state index contributed by atoms with van der Waals surface area (Å²) in [5, 5.41) is 9.89. The highest BCUT2D eigenvalue weighted by Gasteiger charge is 2.25. The van der Waals surface area contributed by atoms with Crippen LogP contribution in [-0.2, 0) is 4.79 Å². The van der Waals surface area contributed by atoms with Crippen molar-refractivity contribution in [1.82, 2.24) is 15.1 Å². The third-order valence-corrected chi connectivity index (χ3v) is 3.16. The molecule has 1 aromatic heterocycles. The molecule has 1 heterocycles. The van der Waals surface area contributed by atoms with E-state index in [9.17, 15) is 9.59 Å². The zero-order valence-corrected chi connectivity index (χ0v) is 11.7. The van der Waals surface area contributed by atoms with E-state index in [4.69, 9.17) is 0 Å². The lowest BCUT2D eigenvalue weighted by atomic mass is 10.3. The molecule has 0 aliphatic heterocycles. The Morgan fingerprint density at radius 3 is 2.57 bits per heavy atom. The Morgan fingerprint density at radius 1 is 1.24 bits per heavy atom. The second kappa shape index (κ2) is 5.40. The standard InChI is InChI=1S/C15H16N4O2/c1-10(20)16-14-9-13(15(21)17-11-7-8-11)18-19(14)12-5-3-2-4-6-12/h2-6,9,11H,7-8H2,1H3,(H,16,20)(H,17,21). The molecule has 1 aliphatic rings. The molecule has 1 fully saturated rings. The quantitative estimate of drug-likeness (QED) is 0.897. The number of para-hydroxylation sites is 1. The normalized spacial score (nSPS) is 13.8. The van der Waals surface area contributed by atoms with Crippen LogP contribution in [0.4, 0.5) is 5.82 Å². The van der Waals surface area contributed by atoms with Crippen LogP contribution in [0.1, 0.15) is 30.3 Å². The molecule has 3 rings (SSSR count). The maximum Gasteiger partial charge on any atom is 0.272 e. The minimum absolute atomic E-state index is 0.207. The molecule has 6 nitrogen and oxygen atoms in total. The van der Waals surface area contributed by atoms with Crippen molar-refractivity contribution in [2.24, 2.45) is 0 Å². The van der Waals surface area contributed by atoms with E-state index < -0.39 is 0 Å². The monoisotopic (exact) mass is 284 g/mol. The predicted octanol–water partition coefficient (Wildman–Crippen LogP) is 1.72. The second-order valence-electron chi connectivity index (χ2n) is 5.09. The molecular formula is C15H16N4O2. The number of nitrogens with zero attached hydrogens (tertiary/aromatic N) is 2. The number of aromatic nitrogens is 2. The zero-order chi connectivity index (χ0) is 14.8. The van der Waals surface area contributed by atoms with E-state index in [0.717, 1.165) is 18.5 Å². The SMILES string of the molecule is CC(=O)Nc1cc(C(=O)NC2CC2)nn1-c1ccccc1. The number of carbonyl (C=O) groups is 2. The summed E-state index contributed by atoms with van der Waals surface area (Å²) in [6.07, 6.45) is 2.04. The van der Waals surface area contributed by atoms with E-state index in [0.29, 0.717) is 11.5 Å². The summed E-state index contributed by atoms with van der Waals surface area (Å²) >= 11 is 0. The molecule has 1 saturated carbocycles. The predicted molar refractivity (Wildman–Crippen MR) is 78.4 cm³/mol. The molecule has 2 amide bonds. The average molecular weight is 284 g/mol. The third kappa shape index (κ3) is 3.10. The van der Waals surface area contributed by atoms with Crippen LogP contribution in [0.3, 0.4) is 0 Å². The topological polar surface area (TPSA) is 76.0 Å². The fraction of sp³-hybridized carbons (Fsp3) is 0.267. The molecule has 1 aliphatic carbocycles. The van der Waals surface area contributed by atoms with Gasteiger partial charge in [0.05, 0.1) is 5.69 Å². The zero-order valence-electron chi connectivity index (χ0n) is 11.7. The Balaban J connectivity index is 1.94. The van der Waals surface area contributed by atoms with Gasteiger partial charge in [-0.2, -0.15) is 5.10 Å². The van der Waals surface area contributed by atoms with E-state index >= 15 is 0 Å². The Bertz CT molecular complexity index is 674. The molecule has 108 valence electrons. The highest BCUT2D eigenvalue weighted by Crippen LogP contribution is 2.21. The van der Waals surface area contributed by atoms with Gasteiger partial charge < -0.3 is 10.6 Å². The first-order chi connectivity index (χ1) is 10.1. The molecule has 6 heteroatoms. The van der Waals surface area contributed by atoms with Crippen molar-refractivity contribution in [3.8, 4) is 5.69 Å². The summed E-state index contributed by atoms with van der Waals surface area (Å²) in [4.78, 5) is 23.4. The molecule has 0 saturated heterocycles. The van der Waals surface area contributed by atoms with E-state index in [1.54, 1.807) is 10.7 Å². The number of rotatable bonds is 4. The number of hydrogen-bond acceptors (Lipinski definition) is 3. The Morgan fingerprint density at radius 2 is 1.95 bits per heavy atom. The van der Waals surface area contributed by atoms with Crippen LogP contribution in [0.5, 0.6) is 0 Å². The lowest BCUT2D eigenvalue weighted by Gasteiger charge is -2.06. The summed E-state index contributed by atoms with van der Waals surface area (Å²) in [7, 11) is 0. The Kier molecular flexibility index (Phi) is 3.43. The van der Waals surface area contributed by atoms with E-state index in [1.165, 1.54) is 6.92 Å². The summed E-state index contributed by atoms with van der Waals surface area (Å²) in [6.45, 7) is 1.42. The largest absolute Gasteiger partial charge is 0.348 e. The van der Waals surface area contributed by atoms with Crippen molar-refractivity contribution in [2.45, 2.75) is 25.8 Å². The first-order valence-electron chi connectivity index (χ1n) is 6.87. The fourth-order valence-corrected chi connectivity index (χ4v) is 2.01. The van der Waals surface area contributed by atoms with Crippen LogP contribution in [-0.4, -0.2) is 27.6 Å². The van der Waals surface area contributed by atoms with Crippen LogP contribution in [0, 0.1) is 0 Å². The van der Waals surface area contributed by atoms with Gasteiger partial charge in [0.2, 0.25) is 5.91 Å². The van der Waals surface area contributed by atoms with Gasteiger partial charge in [0.1, 0.15) is 5.82 Å². The lowest BCUT2D eigenvalue weighted by molar-refractivity contribution is -0.114. The van der Waals surface area contributed by atoms with Gasteiger partial charge in [-0.15, -0.1) is 0 Å². The Labute approximate surface area is 122 Å². The highest BCUT2D eigenvalue weighted by molar-refractivity contribution is 5.95. The van der Waals surface area contributed by atoms with Crippen molar-refractivity contribution in [1.29, 1.82) is 0 Å². The Hall–Kier alpha value is -2.63. The van der Waals surface area contributed by atoms with Gasteiger partial charge >= 0.3 is 0 Å². The van der Waals surface area contributed by atoms with Crippen molar-refractivity contribution < 1.29 is 9.59 Å². The van der Waals surface area contributed by atoms with Crippen molar-refractivity contribution >= 4 is 17.6 Å². The molecule has 2 aromatic rings. The van der Waals surface area contributed by atoms with Gasteiger partial charge in [-0.25, -0.2) is 4.68 Å². The van der Waals surface area contributed by atoms with E-state index in [2.05, 4.69) is 15.7 Å². The van der Waals surface area contributed by atoms with Gasteiger partial charge in [0.25, 0.3) is 5.91 Å². The molecule has 0 bridgehead atoms. The number of carbonyl (C=O) groups excluding carboxylic acids is 2. The number of nitrogens with one attached hydrogen (secondary N) is 2. The molecule has 0 unspecified atom stereocenters. The summed E-state index contributed by atoms with van der Waals surface area (Å²) in [5.74, 6) is 0.0645. The van der Waals surface area contributed by atoms with Gasteiger partial charge in [0.15, 0.2) is 5.69 Å². The van der Waals surface area contributed by atoms with E-state index in [1.807, 2.05) is 30.3 Å². The summed E-state index contributed by atoms with van der Waals surface area (Å²) in [6, 6.07) is 11.2. The highest BCUT2D eigenvalue weighted by atomic mass is 16.2. The minimum Gasteiger partial charge on any atom is -0.348 e. The van der Waals surface area contributed by atoms with E-state index in [-0.39, 0.29) is 17.9 Å². The van der Waals surface area contributed by atoms with Crippen molar-refractivity contribution in [3.63, 3.8) is 0 Å². The number of anilines is 1. The molecule has 21 heavy (non-hydrogen) atoms. The van der Waals surface area contributed by atoms with Crippen LogP contribution < -0.4 is 10.6 Å². The summed E-state index contributed by atoms with van der Waals surface area (Å²) in [5.41, 5.74) is 1.08. The number of amides is 2. The minimum atomic E-state index is -0.209. The maximum absolute atomic E-state index is 12.1. The van der Waals surface area contributed by atoms with Gasteiger partial charge in [0, 0.05) is 19.0 Å². The second-order valence-corrected chi connectivity index (χ2v) is 5.09. The first-order valence-corrected chi connectivity index (χ1v) is 6.87.